The molecule has 1 unspecified atom stereocenters. The van der Waals surface area contributed by atoms with Gasteiger partial charge in [-0.25, -0.2) is 13.3 Å². The molecule has 0 radical (unpaired) electrons. The lowest BCUT2D eigenvalue weighted by Crippen LogP contribution is -2.39. The molecule has 0 aliphatic carbocycles. The Balaban J connectivity index is 1.62. The average Bonchev–Trinajstić information content (AvgIpc) is 2.93. The largest absolute Gasteiger partial charge is 0.268 e. The van der Waals surface area contributed by atoms with Gasteiger partial charge in [-0.3, -0.25) is 9.59 Å². The molecule has 1 atom stereocenters. The zero-order valence-corrected chi connectivity index (χ0v) is 15.8. The maximum Gasteiger partial charge on any atom is 0.266 e. The minimum atomic E-state index is -3.57. The van der Waals surface area contributed by atoms with E-state index in [9.17, 15) is 18.0 Å². The SMILES string of the molecule is CC1CCCN(S(=O)(=O)c2ccc(N3C(=O)c4ccccc4C3=O)cc2)C1. The third kappa shape index (κ3) is 2.96. The molecular formula is C20H20N2O4S. The van der Waals surface area contributed by atoms with Gasteiger partial charge in [0.1, 0.15) is 0 Å². The van der Waals surface area contributed by atoms with Crippen molar-refractivity contribution in [2.75, 3.05) is 18.0 Å². The van der Waals surface area contributed by atoms with Gasteiger partial charge < -0.3 is 0 Å². The van der Waals surface area contributed by atoms with E-state index >= 15 is 0 Å². The first-order valence-corrected chi connectivity index (χ1v) is 10.4. The van der Waals surface area contributed by atoms with Crippen molar-refractivity contribution < 1.29 is 18.0 Å². The van der Waals surface area contributed by atoms with Gasteiger partial charge in [0.15, 0.2) is 0 Å². The summed E-state index contributed by atoms with van der Waals surface area (Å²) >= 11 is 0. The van der Waals surface area contributed by atoms with Crippen LogP contribution in [0.1, 0.15) is 40.5 Å². The highest BCUT2D eigenvalue weighted by atomic mass is 32.2. The Kier molecular flexibility index (Phi) is 4.36. The highest BCUT2D eigenvalue weighted by Crippen LogP contribution is 2.30. The van der Waals surface area contributed by atoms with Gasteiger partial charge in [0.25, 0.3) is 11.8 Å². The Bertz CT molecular complexity index is 980. The number of hydrogen-bond acceptors (Lipinski definition) is 4. The Hall–Kier alpha value is -2.51. The normalized spacial score (nSPS) is 20.8. The second-order valence-electron chi connectivity index (χ2n) is 7.10. The van der Waals surface area contributed by atoms with Crippen molar-refractivity contribution in [2.24, 2.45) is 5.92 Å². The third-order valence-corrected chi connectivity index (χ3v) is 7.03. The van der Waals surface area contributed by atoms with Gasteiger partial charge in [-0.05, 0) is 55.2 Å². The van der Waals surface area contributed by atoms with E-state index in [-0.39, 0.29) is 4.90 Å². The van der Waals surface area contributed by atoms with Crippen LogP contribution in [0.15, 0.2) is 53.4 Å². The van der Waals surface area contributed by atoms with Crippen molar-refractivity contribution in [3.05, 3.63) is 59.7 Å². The van der Waals surface area contributed by atoms with E-state index in [1.165, 1.54) is 28.6 Å². The molecule has 2 heterocycles. The Morgan fingerprint density at radius 1 is 0.926 bits per heavy atom. The van der Waals surface area contributed by atoms with Gasteiger partial charge in [0.2, 0.25) is 10.0 Å². The lowest BCUT2D eigenvalue weighted by atomic mass is 10.0. The van der Waals surface area contributed by atoms with Crippen molar-refractivity contribution >= 4 is 27.5 Å². The van der Waals surface area contributed by atoms with Crippen LogP contribution in [0.2, 0.25) is 0 Å². The van der Waals surface area contributed by atoms with Gasteiger partial charge in [-0.1, -0.05) is 19.1 Å². The molecule has 1 saturated heterocycles. The molecule has 140 valence electrons. The number of carbonyl (C=O) groups is 2. The van der Waals surface area contributed by atoms with Crippen molar-refractivity contribution in [3.63, 3.8) is 0 Å². The number of imide groups is 1. The molecule has 0 saturated carbocycles. The maximum absolute atomic E-state index is 12.9. The van der Waals surface area contributed by atoms with Crippen molar-refractivity contribution in [1.29, 1.82) is 0 Å². The summed E-state index contributed by atoms with van der Waals surface area (Å²) in [4.78, 5) is 26.4. The van der Waals surface area contributed by atoms with Crippen LogP contribution in [0.3, 0.4) is 0 Å². The smallest absolute Gasteiger partial charge is 0.266 e. The topological polar surface area (TPSA) is 74.8 Å². The van der Waals surface area contributed by atoms with Crippen molar-refractivity contribution in [2.45, 2.75) is 24.7 Å². The fourth-order valence-corrected chi connectivity index (χ4v) is 5.30. The monoisotopic (exact) mass is 384 g/mol. The molecule has 2 aliphatic heterocycles. The lowest BCUT2D eigenvalue weighted by Gasteiger charge is -2.30. The maximum atomic E-state index is 12.9. The van der Waals surface area contributed by atoms with E-state index in [4.69, 9.17) is 0 Å². The van der Waals surface area contributed by atoms with Gasteiger partial charge in [0.05, 0.1) is 21.7 Å². The zero-order valence-electron chi connectivity index (χ0n) is 15.0. The van der Waals surface area contributed by atoms with E-state index in [1.807, 2.05) is 6.92 Å². The minimum absolute atomic E-state index is 0.178. The molecule has 27 heavy (non-hydrogen) atoms. The molecule has 0 N–H and O–H groups in total. The summed E-state index contributed by atoms with van der Waals surface area (Å²) < 4.78 is 27.2. The van der Waals surface area contributed by atoms with Crippen LogP contribution in [0, 0.1) is 5.92 Å². The fourth-order valence-electron chi connectivity index (χ4n) is 3.70. The number of hydrogen-bond donors (Lipinski definition) is 0. The standard InChI is InChI=1S/C20H20N2O4S/c1-14-5-4-12-21(13-14)27(25,26)16-10-8-15(9-11-16)22-19(23)17-6-2-3-7-18(17)20(22)24/h2-3,6-11,14H,4-5,12-13H2,1H3. The van der Waals surface area contributed by atoms with Crippen molar-refractivity contribution in [1.82, 2.24) is 4.31 Å². The van der Waals surface area contributed by atoms with E-state index in [0.29, 0.717) is 35.8 Å². The summed E-state index contributed by atoms with van der Waals surface area (Å²) in [7, 11) is -3.57. The second kappa shape index (κ2) is 6.58. The van der Waals surface area contributed by atoms with Gasteiger partial charge >= 0.3 is 0 Å². The number of fused-ring (bicyclic) bond motifs is 1. The number of rotatable bonds is 3. The summed E-state index contributed by atoms with van der Waals surface area (Å²) in [6.07, 6.45) is 1.89. The van der Waals surface area contributed by atoms with E-state index in [1.54, 1.807) is 24.3 Å². The van der Waals surface area contributed by atoms with E-state index in [0.717, 1.165) is 17.7 Å². The Morgan fingerprint density at radius 3 is 2.07 bits per heavy atom. The molecule has 0 bridgehead atoms. The van der Waals surface area contributed by atoms with E-state index < -0.39 is 21.8 Å². The molecular weight excluding hydrogens is 364 g/mol. The number of amides is 2. The highest BCUT2D eigenvalue weighted by molar-refractivity contribution is 7.89. The summed E-state index contributed by atoms with van der Waals surface area (Å²) in [6.45, 7) is 3.09. The Morgan fingerprint density at radius 2 is 1.52 bits per heavy atom. The molecule has 2 aromatic carbocycles. The predicted octanol–water partition coefficient (Wildman–Crippen LogP) is 2.91. The number of sulfonamides is 1. The van der Waals surface area contributed by atoms with Crippen LogP contribution in [-0.2, 0) is 10.0 Å². The summed E-state index contributed by atoms with van der Waals surface area (Å²) in [5, 5.41) is 0. The molecule has 4 rings (SSSR count). The summed E-state index contributed by atoms with van der Waals surface area (Å²) in [6, 6.07) is 12.6. The summed E-state index contributed by atoms with van der Waals surface area (Å²) in [5.74, 6) is -0.446. The van der Waals surface area contributed by atoms with Gasteiger partial charge in [-0.15, -0.1) is 0 Å². The molecule has 2 aliphatic rings. The van der Waals surface area contributed by atoms with Gasteiger partial charge in [0, 0.05) is 13.1 Å². The number of carbonyl (C=O) groups excluding carboxylic acids is 2. The number of nitrogens with zero attached hydrogens (tertiary/aromatic N) is 2. The van der Waals surface area contributed by atoms with Crippen molar-refractivity contribution in [3.8, 4) is 0 Å². The fraction of sp³-hybridized carbons (Fsp3) is 0.300. The van der Waals surface area contributed by atoms with Crippen LogP contribution in [0.4, 0.5) is 5.69 Å². The molecule has 2 amide bonds. The van der Waals surface area contributed by atoms with Crippen LogP contribution in [0.5, 0.6) is 0 Å². The average molecular weight is 384 g/mol. The lowest BCUT2D eigenvalue weighted by molar-refractivity contribution is 0.0926. The molecule has 0 spiro atoms. The minimum Gasteiger partial charge on any atom is -0.268 e. The Labute approximate surface area is 158 Å². The van der Waals surface area contributed by atoms with Crippen LogP contribution < -0.4 is 4.90 Å². The van der Waals surface area contributed by atoms with Crippen LogP contribution in [-0.4, -0.2) is 37.6 Å². The summed E-state index contributed by atoms with van der Waals surface area (Å²) in [5.41, 5.74) is 1.09. The number of piperidine rings is 1. The number of anilines is 1. The third-order valence-electron chi connectivity index (χ3n) is 5.15. The number of benzene rings is 2. The molecule has 7 heteroatoms. The van der Waals surface area contributed by atoms with E-state index in [2.05, 4.69) is 0 Å². The predicted molar refractivity (Wildman–Crippen MR) is 101 cm³/mol. The molecule has 2 aromatic rings. The first-order chi connectivity index (χ1) is 12.9. The molecule has 0 aromatic heterocycles. The molecule has 1 fully saturated rings. The van der Waals surface area contributed by atoms with Gasteiger partial charge in [-0.2, -0.15) is 4.31 Å². The van der Waals surface area contributed by atoms with Crippen LogP contribution >= 0.6 is 0 Å². The highest BCUT2D eigenvalue weighted by Gasteiger charge is 2.36. The quantitative estimate of drug-likeness (QED) is 0.763. The second-order valence-corrected chi connectivity index (χ2v) is 9.03. The zero-order chi connectivity index (χ0) is 19.2. The molecule has 6 nitrogen and oxygen atoms in total. The first-order valence-electron chi connectivity index (χ1n) is 8.97. The first kappa shape index (κ1) is 17.9. The van der Waals surface area contributed by atoms with Crippen LogP contribution in [0.25, 0.3) is 0 Å².